The summed E-state index contributed by atoms with van der Waals surface area (Å²) in [6, 6.07) is -0.0256. The van der Waals surface area contributed by atoms with Gasteiger partial charge in [0.1, 0.15) is 6.61 Å². The molecule has 0 aliphatic carbocycles. The van der Waals surface area contributed by atoms with Crippen LogP contribution in [0.1, 0.15) is 26.7 Å². The van der Waals surface area contributed by atoms with E-state index in [4.69, 9.17) is 9.84 Å². The molecular weight excluding hydrogens is 186 g/mol. The molecule has 0 bridgehead atoms. The zero-order valence-electron chi connectivity index (χ0n) is 8.40. The second-order valence-electron chi connectivity index (χ2n) is 3.66. The van der Waals surface area contributed by atoms with Crippen molar-refractivity contribution in [1.82, 2.24) is 4.90 Å². The molecule has 1 fully saturated rings. The van der Waals surface area contributed by atoms with Crippen molar-refractivity contribution < 1.29 is 19.4 Å². The SMILES string of the molecule is CC(C)N1C(=O)OCC1CCC(=O)O. The molecule has 5 heteroatoms. The van der Waals surface area contributed by atoms with Crippen molar-refractivity contribution in [1.29, 1.82) is 0 Å². The number of hydrogen-bond acceptors (Lipinski definition) is 3. The maximum Gasteiger partial charge on any atom is 0.410 e. The van der Waals surface area contributed by atoms with E-state index < -0.39 is 5.97 Å². The minimum absolute atomic E-state index is 0.0591. The third-order valence-corrected chi connectivity index (χ3v) is 2.25. The maximum atomic E-state index is 11.2. The van der Waals surface area contributed by atoms with Gasteiger partial charge in [-0.2, -0.15) is 0 Å². The van der Waals surface area contributed by atoms with E-state index in [1.807, 2.05) is 13.8 Å². The van der Waals surface area contributed by atoms with Crippen LogP contribution in [0, 0.1) is 0 Å². The van der Waals surface area contributed by atoms with Crippen LogP contribution >= 0.6 is 0 Å². The minimum atomic E-state index is -0.840. The molecule has 1 amide bonds. The molecule has 1 saturated heterocycles. The highest BCUT2D eigenvalue weighted by molar-refractivity contribution is 5.71. The van der Waals surface area contributed by atoms with E-state index in [1.165, 1.54) is 0 Å². The van der Waals surface area contributed by atoms with Crippen LogP contribution in [0.5, 0.6) is 0 Å². The molecule has 0 aromatic carbocycles. The van der Waals surface area contributed by atoms with E-state index in [9.17, 15) is 9.59 Å². The fourth-order valence-electron chi connectivity index (χ4n) is 1.62. The average molecular weight is 201 g/mol. The van der Waals surface area contributed by atoms with Crippen molar-refractivity contribution in [3.05, 3.63) is 0 Å². The topological polar surface area (TPSA) is 66.8 Å². The number of hydrogen-bond donors (Lipinski definition) is 1. The number of rotatable bonds is 4. The number of ether oxygens (including phenoxy) is 1. The van der Waals surface area contributed by atoms with Crippen LogP contribution in [-0.4, -0.2) is 40.8 Å². The Kier molecular flexibility index (Phi) is 3.33. The molecule has 1 unspecified atom stereocenters. The average Bonchev–Trinajstić information content (AvgIpc) is 2.43. The van der Waals surface area contributed by atoms with E-state index >= 15 is 0 Å². The Bertz CT molecular complexity index is 239. The first-order valence-corrected chi connectivity index (χ1v) is 4.69. The second kappa shape index (κ2) is 4.30. The van der Waals surface area contributed by atoms with Crippen molar-refractivity contribution >= 4 is 12.1 Å². The molecule has 0 radical (unpaired) electrons. The fraction of sp³-hybridized carbons (Fsp3) is 0.778. The largest absolute Gasteiger partial charge is 0.481 e. The molecule has 14 heavy (non-hydrogen) atoms. The number of carboxylic acids is 1. The highest BCUT2D eigenvalue weighted by Gasteiger charge is 2.34. The van der Waals surface area contributed by atoms with Gasteiger partial charge in [0.25, 0.3) is 0 Å². The first-order chi connectivity index (χ1) is 6.52. The van der Waals surface area contributed by atoms with Gasteiger partial charge in [0.15, 0.2) is 0 Å². The van der Waals surface area contributed by atoms with Crippen molar-refractivity contribution in [2.75, 3.05) is 6.61 Å². The van der Waals surface area contributed by atoms with Gasteiger partial charge in [0.2, 0.25) is 0 Å². The molecule has 0 aromatic rings. The lowest BCUT2D eigenvalue weighted by Crippen LogP contribution is -2.39. The van der Waals surface area contributed by atoms with E-state index in [0.717, 1.165) is 0 Å². The normalized spacial score (nSPS) is 21.5. The molecule has 80 valence electrons. The lowest BCUT2D eigenvalue weighted by Gasteiger charge is -2.24. The number of amides is 1. The summed E-state index contributed by atoms with van der Waals surface area (Å²) < 4.78 is 4.87. The first kappa shape index (κ1) is 10.8. The Morgan fingerprint density at radius 2 is 2.36 bits per heavy atom. The van der Waals surface area contributed by atoms with Crippen molar-refractivity contribution in [2.24, 2.45) is 0 Å². The summed E-state index contributed by atoms with van der Waals surface area (Å²) in [6.07, 6.45) is 0.194. The van der Waals surface area contributed by atoms with Gasteiger partial charge in [-0.1, -0.05) is 0 Å². The van der Waals surface area contributed by atoms with Gasteiger partial charge in [-0.15, -0.1) is 0 Å². The van der Waals surface area contributed by atoms with Gasteiger partial charge < -0.3 is 9.84 Å². The monoisotopic (exact) mass is 201 g/mol. The first-order valence-electron chi connectivity index (χ1n) is 4.69. The third kappa shape index (κ3) is 2.37. The van der Waals surface area contributed by atoms with Crippen molar-refractivity contribution in [3.63, 3.8) is 0 Å². The summed E-state index contributed by atoms with van der Waals surface area (Å²) in [5.74, 6) is -0.840. The van der Waals surface area contributed by atoms with Crippen LogP contribution in [-0.2, 0) is 9.53 Å². The van der Waals surface area contributed by atoms with Crippen LogP contribution in [0.4, 0.5) is 4.79 Å². The predicted molar refractivity (Wildman–Crippen MR) is 49.0 cm³/mol. The quantitative estimate of drug-likeness (QED) is 0.739. The number of nitrogens with zero attached hydrogens (tertiary/aromatic N) is 1. The van der Waals surface area contributed by atoms with Crippen LogP contribution < -0.4 is 0 Å². The Balaban J connectivity index is 2.51. The van der Waals surface area contributed by atoms with E-state index in [2.05, 4.69) is 0 Å². The van der Waals surface area contributed by atoms with Gasteiger partial charge >= 0.3 is 12.1 Å². The molecule has 0 saturated carbocycles. The number of carbonyl (C=O) groups is 2. The van der Waals surface area contributed by atoms with Crippen LogP contribution in [0.25, 0.3) is 0 Å². The number of carboxylic acid groups (broad SMARTS) is 1. The van der Waals surface area contributed by atoms with Gasteiger partial charge in [-0.25, -0.2) is 4.79 Å². The summed E-state index contributed by atoms with van der Waals surface area (Å²) in [5, 5.41) is 8.52. The predicted octanol–water partition coefficient (Wildman–Crippen LogP) is 1.08. The van der Waals surface area contributed by atoms with Gasteiger partial charge in [-0.05, 0) is 20.3 Å². The Hall–Kier alpha value is -1.26. The fourth-order valence-corrected chi connectivity index (χ4v) is 1.62. The number of carbonyl (C=O) groups excluding carboxylic acids is 1. The van der Waals surface area contributed by atoms with E-state index in [-0.39, 0.29) is 24.6 Å². The summed E-state index contributed by atoms with van der Waals surface area (Å²) in [7, 11) is 0. The van der Waals surface area contributed by atoms with Crippen LogP contribution in [0.3, 0.4) is 0 Å². The smallest absolute Gasteiger partial charge is 0.410 e. The highest BCUT2D eigenvalue weighted by atomic mass is 16.6. The molecule has 0 aromatic heterocycles. The summed E-state index contributed by atoms with van der Waals surface area (Å²) in [6.45, 7) is 4.09. The Morgan fingerprint density at radius 3 is 2.86 bits per heavy atom. The number of aliphatic carboxylic acids is 1. The molecule has 1 atom stereocenters. The molecule has 0 spiro atoms. The van der Waals surface area contributed by atoms with Crippen molar-refractivity contribution in [3.8, 4) is 0 Å². The zero-order valence-corrected chi connectivity index (χ0v) is 8.40. The summed E-state index contributed by atoms with van der Waals surface area (Å²) in [5.41, 5.74) is 0. The third-order valence-electron chi connectivity index (χ3n) is 2.25. The Morgan fingerprint density at radius 1 is 1.71 bits per heavy atom. The Labute approximate surface area is 82.6 Å². The second-order valence-corrected chi connectivity index (χ2v) is 3.66. The summed E-state index contributed by atoms with van der Waals surface area (Å²) >= 11 is 0. The van der Waals surface area contributed by atoms with Gasteiger partial charge in [-0.3, -0.25) is 9.69 Å². The number of cyclic esters (lactones) is 1. The van der Waals surface area contributed by atoms with Crippen LogP contribution in [0.15, 0.2) is 0 Å². The lowest BCUT2D eigenvalue weighted by molar-refractivity contribution is -0.137. The molecule has 1 aliphatic heterocycles. The summed E-state index contributed by atoms with van der Waals surface area (Å²) in [4.78, 5) is 23.2. The van der Waals surface area contributed by atoms with Gasteiger partial charge in [0, 0.05) is 12.5 Å². The standard InChI is InChI=1S/C9H15NO4/c1-6(2)10-7(3-4-8(11)12)5-14-9(10)13/h6-7H,3-5H2,1-2H3,(H,11,12). The molecule has 1 heterocycles. The molecule has 1 aliphatic rings. The van der Waals surface area contributed by atoms with E-state index in [1.54, 1.807) is 4.90 Å². The molecule has 1 rings (SSSR count). The molecule has 1 N–H and O–H groups in total. The zero-order chi connectivity index (χ0) is 10.7. The van der Waals surface area contributed by atoms with Crippen LogP contribution in [0.2, 0.25) is 0 Å². The minimum Gasteiger partial charge on any atom is -0.481 e. The van der Waals surface area contributed by atoms with Gasteiger partial charge in [0.05, 0.1) is 6.04 Å². The van der Waals surface area contributed by atoms with Crippen molar-refractivity contribution in [2.45, 2.75) is 38.8 Å². The molecule has 5 nitrogen and oxygen atoms in total. The lowest BCUT2D eigenvalue weighted by atomic mass is 10.1. The highest BCUT2D eigenvalue weighted by Crippen LogP contribution is 2.19. The maximum absolute atomic E-state index is 11.2. The molecular formula is C9H15NO4. The van der Waals surface area contributed by atoms with E-state index in [0.29, 0.717) is 13.0 Å².